The number of benzene rings is 3. The molecule has 1 aliphatic rings. The Kier molecular flexibility index (Phi) is 49.0. The maximum atomic E-state index is 15.5. The highest BCUT2D eigenvalue weighted by Crippen LogP contribution is 2.52. The van der Waals surface area contributed by atoms with Crippen LogP contribution in [-0.2, 0) is 68.0 Å². The van der Waals surface area contributed by atoms with Gasteiger partial charge < -0.3 is 57.9 Å². The number of unbranched alkanes of at least 4 members (excludes halogenated alkanes) is 28. The minimum Gasteiger partial charge on any atom is -0.462 e. The molecule has 1 fully saturated rings. The predicted octanol–water partition coefficient (Wildman–Crippen LogP) is 20.2. The molecule has 4 rings (SSSR count). The smallest absolute Gasteiger partial charge is 0.462 e. The largest absolute Gasteiger partial charge is 0.588 e. The zero-order valence-electron chi connectivity index (χ0n) is 61.7. The highest BCUT2D eigenvalue weighted by molar-refractivity contribution is 7.49. The fourth-order valence-electron chi connectivity index (χ4n) is 12.2. The van der Waals surface area contributed by atoms with Crippen molar-refractivity contribution < 1.29 is 80.4 Å². The van der Waals surface area contributed by atoms with Gasteiger partial charge in [0.25, 0.3) is 0 Å². The minimum atomic E-state index is -5.00. The van der Waals surface area contributed by atoms with E-state index in [0.29, 0.717) is 32.1 Å². The van der Waals surface area contributed by atoms with E-state index in [-0.39, 0.29) is 49.9 Å². The molecule has 1 aliphatic heterocycles. The number of esters is 3. The summed E-state index contributed by atoms with van der Waals surface area (Å²) in [5.74, 6) is -2.14. The lowest BCUT2D eigenvalue weighted by molar-refractivity contribution is -0.272. The van der Waals surface area contributed by atoms with Gasteiger partial charge in [0.1, 0.15) is 48.6 Å². The molecule has 0 unspecified atom stereocenters. The molecule has 0 aromatic heterocycles. The molecule has 0 aliphatic carbocycles. The van der Waals surface area contributed by atoms with E-state index in [2.05, 4.69) is 38.3 Å². The molecule has 0 saturated carbocycles. The van der Waals surface area contributed by atoms with E-state index >= 15 is 9.36 Å². The van der Waals surface area contributed by atoms with Crippen molar-refractivity contribution >= 4 is 72.5 Å². The first kappa shape index (κ1) is 89.7. The molecule has 578 valence electrons. The number of para-hydroxylation sites is 2. The molecule has 1 heterocycles. The van der Waals surface area contributed by atoms with E-state index in [0.717, 1.165) is 147 Å². The van der Waals surface area contributed by atoms with Gasteiger partial charge in [-0.05, 0) is 68.4 Å². The normalized spacial score (nSPS) is 17.0. The van der Waals surface area contributed by atoms with E-state index in [1.165, 1.54) is 69.2 Å². The van der Waals surface area contributed by atoms with Gasteiger partial charge in [-0.25, -0.2) is 9.36 Å². The van der Waals surface area contributed by atoms with E-state index in [1.54, 1.807) is 36.4 Å². The summed E-state index contributed by atoms with van der Waals surface area (Å²) < 4.78 is 75.5. The molecule has 2 amide bonds. The van der Waals surface area contributed by atoms with E-state index < -0.39 is 111 Å². The van der Waals surface area contributed by atoms with Crippen molar-refractivity contribution in [2.45, 2.75) is 331 Å². The van der Waals surface area contributed by atoms with Crippen LogP contribution in [0.1, 0.15) is 277 Å². The Morgan fingerprint density at radius 2 is 0.951 bits per heavy atom. The van der Waals surface area contributed by atoms with Crippen molar-refractivity contribution in [3.05, 3.63) is 96.6 Å². The highest BCUT2D eigenvalue weighted by atomic mass is 35.6. The number of alkyl halides is 3. The fraction of sp³-hybridized carbons (Fsp3) is 0.709. The summed E-state index contributed by atoms with van der Waals surface area (Å²) in [7, 11) is -5.00. The molecule has 0 spiro atoms. The first-order valence-electron chi connectivity index (χ1n) is 38.6. The number of rotatable bonds is 60. The zero-order chi connectivity index (χ0) is 73.7. The van der Waals surface area contributed by atoms with Gasteiger partial charge >= 0.3 is 31.8 Å². The monoisotopic (exact) mass is 1510 g/mol. The SMILES string of the molecule is CCCCCCCCCCC[C@H](CC(=O)N[C@@H](COCc1ccccc1)CO[C@@H]1O[C@H](CO)[C@@H](OP(=O)(Oc2ccccc2)Oc2ccccc2)[C@H](OC(=O)C[C@@H](CCCCCCCCCCC)OC(=O)CCCCCCCCC)[C@H]1NC(=O)OCC(Cl)(Cl)Cl)OC(=O)CCCCCCCCC. The summed E-state index contributed by atoms with van der Waals surface area (Å²) in [6, 6.07) is 22.7. The van der Waals surface area contributed by atoms with Crippen LogP contribution in [0.2, 0.25) is 0 Å². The van der Waals surface area contributed by atoms with Gasteiger partial charge in [-0.15, -0.1) is 0 Å². The average Bonchev–Trinajstić information content (AvgIpc) is 0.773. The van der Waals surface area contributed by atoms with Gasteiger partial charge in [0.2, 0.25) is 9.70 Å². The number of carbonyl (C=O) groups excluding carboxylic acids is 5. The Bertz CT molecular complexity index is 2660. The summed E-state index contributed by atoms with van der Waals surface area (Å²) >= 11 is 18.3. The van der Waals surface area contributed by atoms with Crippen LogP contribution in [0.15, 0.2) is 91.0 Å². The molecule has 3 N–H and O–H groups in total. The molecule has 3 aromatic rings. The lowest BCUT2D eigenvalue weighted by Crippen LogP contribution is -2.66. The number of hydrogen-bond acceptors (Lipinski definition) is 17. The number of aliphatic hydroxyl groups is 1. The molecule has 0 bridgehead atoms. The third kappa shape index (κ3) is 42.5. The third-order valence-corrected chi connectivity index (χ3v) is 19.5. The molecule has 19 nitrogen and oxygen atoms in total. The average molecular weight is 1510 g/mol. The van der Waals surface area contributed by atoms with E-state index in [4.69, 9.17) is 81.5 Å². The molecule has 8 atom stereocenters. The van der Waals surface area contributed by atoms with E-state index in [1.807, 2.05) is 30.3 Å². The Labute approximate surface area is 625 Å². The maximum absolute atomic E-state index is 15.5. The number of carbonyl (C=O) groups is 5. The summed E-state index contributed by atoms with van der Waals surface area (Å²) in [5, 5.41) is 17.2. The molecule has 23 heteroatoms. The van der Waals surface area contributed by atoms with Crippen molar-refractivity contribution in [3.63, 3.8) is 0 Å². The predicted molar refractivity (Wildman–Crippen MR) is 403 cm³/mol. The number of halogens is 3. The Hall–Kier alpha value is -4.69. The Morgan fingerprint density at radius 1 is 0.529 bits per heavy atom. The highest BCUT2D eigenvalue weighted by Gasteiger charge is 2.54. The molecule has 3 aromatic carbocycles. The van der Waals surface area contributed by atoms with Crippen molar-refractivity contribution in [1.29, 1.82) is 0 Å². The van der Waals surface area contributed by atoms with Crippen LogP contribution in [-0.4, -0.2) is 114 Å². The topological polar surface area (TPSA) is 239 Å². The molecule has 1 saturated heterocycles. The lowest BCUT2D eigenvalue weighted by Gasteiger charge is -2.45. The quantitative estimate of drug-likeness (QED) is 0.0156. The maximum Gasteiger partial charge on any atom is 0.588 e. The number of aliphatic hydroxyl groups excluding tert-OH is 1. The minimum absolute atomic E-state index is 0.0467. The first-order valence-corrected chi connectivity index (χ1v) is 41.2. The zero-order valence-corrected chi connectivity index (χ0v) is 64.9. The van der Waals surface area contributed by atoms with Crippen LogP contribution in [0.5, 0.6) is 11.5 Å². The van der Waals surface area contributed by atoms with E-state index in [9.17, 15) is 24.3 Å². The Balaban J connectivity index is 1.76. The summed E-state index contributed by atoms with van der Waals surface area (Å²) in [6.45, 7) is 6.65. The van der Waals surface area contributed by atoms with Crippen molar-refractivity contribution in [2.24, 2.45) is 0 Å². The molecular formula is C79H124Cl3N2O17P. The summed E-state index contributed by atoms with van der Waals surface area (Å²) in [5.41, 5.74) is 0.843. The van der Waals surface area contributed by atoms with Crippen LogP contribution >= 0.6 is 42.6 Å². The van der Waals surface area contributed by atoms with Crippen LogP contribution in [0.3, 0.4) is 0 Å². The second-order valence-corrected chi connectivity index (χ2v) is 31.1. The van der Waals surface area contributed by atoms with Crippen LogP contribution in [0, 0.1) is 0 Å². The third-order valence-electron chi connectivity index (χ3n) is 17.8. The number of phosphoric ester groups is 1. The number of phosphoric acid groups is 1. The summed E-state index contributed by atoms with van der Waals surface area (Å²) in [4.78, 5) is 71.0. The fourth-order valence-corrected chi connectivity index (χ4v) is 13.8. The molecule has 102 heavy (non-hydrogen) atoms. The number of amides is 2. The number of alkyl carbamates (subject to hydrolysis) is 1. The van der Waals surface area contributed by atoms with Gasteiger partial charge in [-0.3, -0.25) is 23.7 Å². The van der Waals surface area contributed by atoms with Crippen LogP contribution in [0.25, 0.3) is 0 Å². The standard InChI is InChI=1S/C79H124Cl3N2O17P/c1-5-9-13-17-21-23-27-29-38-52-67(95-71(87)54-44-31-25-19-15-11-7-3)56-70(86)83-64(60-92-59-63-46-36-33-37-47-63)61-93-77-74(84-78(90)94-62-79(80,81)82)76(75(69(58-85)97-77)101-102(91,99-65-48-40-34-41-49-65)100-66-50-42-35-43-51-66)98-73(89)57-68(53-39-30-28-24-22-18-14-10-6-2)96-72(88)55-45-32-26-20-16-12-8-4/h33-37,40-43,46-51,64,67-69,74-77,85H,5-32,38-39,44-45,52-62H2,1-4H3,(H,83,86)(H,84,90)/t64-,67+,68+,69+,74+,75+,76+,77+/m0/s1. The van der Waals surface area contributed by atoms with Gasteiger partial charge in [-0.2, -0.15) is 0 Å². The first-order chi connectivity index (χ1) is 49.5. The molecular weight excluding hydrogens is 1390 g/mol. The van der Waals surface area contributed by atoms with Gasteiger partial charge in [0.05, 0.1) is 45.3 Å². The Morgan fingerprint density at radius 3 is 1.39 bits per heavy atom. The second-order valence-electron chi connectivity index (χ2n) is 27.1. The van der Waals surface area contributed by atoms with Crippen LogP contribution < -0.4 is 19.7 Å². The second kappa shape index (κ2) is 55.7. The van der Waals surface area contributed by atoms with Crippen molar-refractivity contribution in [1.82, 2.24) is 10.6 Å². The number of ether oxygens (including phenoxy) is 7. The van der Waals surface area contributed by atoms with Crippen molar-refractivity contribution in [3.8, 4) is 11.5 Å². The summed E-state index contributed by atoms with van der Waals surface area (Å²) in [6.07, 6.45) is 23.8. The van der Waals surface area contributed by atoms with Crippen LogP contribution in [0.4, 0.5) is 4.79 Å². The lowest BCUT2D eigenvalue weighted by atomic mass is 9.96. The van der Waals surface area contributed by atoms with Gasteiger partial charge in [-0.1, -0.05) is 309 Å². The number of hydrogen-bond donors (Lipinski definition) is 3. The number of nitrogens with one attached hydrogen (secondary N) is 2. The van der Waals surface area contributed by atoms with Gasteiger partial charge in [0, 0.05) is 12.8 Å². The van der Waals surface area contributed by atoms with Gasteiger partial charge in [0.15, 0.2) is 12.4 Å². The van der Waals surface area contributed by atoms with Crippen molar-refractivity contribution in [2.75, 3.05) is 26.4 Å². The molecule has 0 radical (unpaired) electrons.